The van der Waals surface area contributed by atoms with E-state index in [1.807, 2.05) is 22.8 Å². The molecule has 1 aromatic carbocycles. The summed E-state index contributed by atoms with van der Waals surface area (Å²) in [6.45, 7) is 0.735. The van der Waals surface area contributed by atoms with Crippen LogP contribution in [0.5, 0.6) is 0 Å². The molecule has 3 rings (SSSR count). The first kappa shape index (κ1) is 13.6. The highest BCUT2D eigenvalue weighted by atomic mass is 35.5. The van der Waals surface area contributed by atoms with Gasteiger partial charge in [0, 0.05) is 24.0 Å². The van der Waals surface area contributed by atoms with Gasteiger partial charge in [0.05, 0.1) is 11.0 Å². The highest BCUT2D eigenvalue weighted by Crippen LogP contribution is 2.20. The molecule has 6 heteroatoms. The van der Waals surface area contributed by atoms with Crippen LogP contribution in [0.1, 0.15) is 25.7 Å². The van der Waals surface area contributed by atoms with Crippen LogP contribution in [0.2, 0.25) is 5.02 Å². The molecule has 0 saturated heterocycles. The number of rotatable bonds is 5. The molecular weight excluding hydrogens is 294 g/mol. The Morgan fingerprint density at radius 1 is 1.50 bits per heavy atom. The number of fused-ring (bicyclic) bond motifs is 1. The van der Waals surface area contributed by atoms with Crippen molar-refractivity contribution in [3.8, 4) is 0 Å². The molecule has 1 aliphatic rings. The number of imidazole rings is 1. The maximum absolute atomic E-state index is 11.6. The van der Waals surface area contributed by atoms with Crippen LogP contribution in [0.25, 0.3) is 11.0 Å². The normalized spacial score (nSPS) is 14.7. The Labute approximate surface area is 127 Å². The lowest BCUT2D eigenvalue weighted by molar-refractivity contribution is -0.121. The van der Waals surface area contributed by atoms with Crippen molar-refractivity contribution in [1.29, 1.82) is 0 Å². The molecule has 2 N–H and O–H groups in total. The van der Waals surface area contributed by atoms with Gasteiger partial charge in [-0.2, -0.15) is 0 Å². The molecule has 1 fully saturated rings. The van der Waals surface area contributed by atoms with Crippen molar-refractivity contribution in [2.75, 3.05) is 0 Å². The van der Waals surface area contributed by atoms with Crippen LogP contribution in [0.4, 0.5) is 0 Å². The number of nitrogens with one attached hydrogen (secondary N) is 2. The second-order valence-corrected chi connectivity index (χ2v) is 6.01. The summed E-state index contributed by atoms with van der Waals surface area (Å²) in [4.78, 5) is 14.8. The van der Waals surface area contributed by atoms with Gasteiger partial charge in [-0.3, -0.25) is 4.79 Å². The van der Waals surface area contributed by atoms with Crippen molar-refractivity contribution in [1.82, 2.24) is 14.9 Å². The van der Waals surface area contributed by atoms with Crippen LogP contribution in [0.15, 0.2) is 18.2 Å². The van der Waals surface area contributed by atoms with Crippen LogP contribution in [0.3, 0.4) is 0 Å². The van der Waals surface area contributed by atoms with Crippen molar-refractivity contribution in [2.24, 2.45) is 0 Å². The average Bonchev–Trinajstić information content (AvgIpc) is 3.14. The third kappa shape index (κ3) is 3.04. The molecule has 4 nitrogen and oxygen atoms in total. The molecular formula is C14H16ClN3OS. The van der Waals surface area contributed by atoms with E-state index in [-0.39, 0.29) is 5.91 Å². The second kappa shape index (κ2) is 5.58. The Bertz CT molecular complexity index is 702. The highest BCUT2D eigenvalue weighted by Gasteiger charge is 2.22. The summed E-state index contributed by atoms with van der Waals surface area (Å²) in [7, 11) is 0. The van der Waals surface area contributed by atoms with Gasteiger partial charge < -0.3 is 14.9 Å². The summed E-state index contributed by atoms with van der Waals surface area (Å²) < 4.78 is 2.69. The van der Waals surface area contributed by atoms with Crippen molar-refractivity contribution in [3.63, 3.8) is 0 Å². The monoisotopic (exact) mass is 309 g/mol. The van der Waals surface area contributed by atoms with Gasteiger partial charge in [0.1, 0.15) is 0 Å². The highest BCUT2D eigenvalue weighted by molar-refractivity contribution is 7.71. The molecule has 0 spiro atoms. The Kier molecular flexibility index (Phi) is 3.81. The van der Waals surface area contributed by atoms with Gasteiger partial charge in [0.15, 0.2) is 4.77 Å². The van der Waals surface area contributed by atoms with Crippen LogP contribution in [-0.4, -0.2) is 21.5 Å². The van der Waals surface area contributed by atoms with E-state index in [1.54, 1.807) is 0 Å². The summed E-state index contributed by atoms with van der Waals surface area (Å²) in [5.41, 5.74) is 1.96. The minimum Gasteiger partial charge on any atom is -0.353 e. The molecule has 1 amide bonds. The fourth-order valence-electron chi connectivity index (χ4n) is 2.28. The minimum absolute atomic E-state index is 0.141. The van der Waals surface area contributed by atoms with E-state index >= 15 is 0 Å². The molecule has 1 heterocycles. The van der Waals surface area contributed by atoms with E-state index in [1.165, 1.54) is 0 Å². The van der Waals surface area contributed by atoms with E-state index in [0.29, 0.717) is 22.3 Å². The fourth-order valence-corrected chi connectivity index (χ4v) is 2.75. The van der Waals surface area contributed by atoms with Crippen molar-refractivity contribution < 1.29 is 4.79 Å². The average molecular weight is 310 g/mol. The summed E-state index contributed by atoms with van der Waals surface area (Å²) in [5, 5.41) is 3.68. The number of halogens is 1. The Hall–Kier alpha value is -1.33. The summed E-state index contributed by atoms with van der Waals surface area (Å²) in [6, 6.07) is 6.10. The lowest BCUT2D eigenvalue weighted by atomic mass is 10.2. The number of aromatic amines is 1. The first-order chi connectivity index (χ1) is 9.63. The van der Waals surface area contributed by atoms with Crippen molar-refractivity contribution in [3.05, 3.63) is 28.0 Å². The number of aryl methyl sites for hydroxylation is 1. The van der Waals surface area contributed by atoms with Crippen LogP contribution < -0.4 is 5.32 Å². The van der Waals surface area contributed by atoms with Gasteiger partial charge in [-0.1, -0.05) is 11.6 Å². The number of nitrogens with zero attached hydrogens (tertiary/aromatic N) is 1. The molecule has 1 aromatic heterocycles. The molecule has 0 bridgehead atoms. The molecule has 20 heavy (non-hydrogen) atoms. The lowest BCUT2D eigenvalue weighted by Crippen LogP contribution is -2.25. The van der Waals surface area contributed by atoms with E-state index in [2.05, 4.69) is 10.3 Å². The standard InChI is InChI=1S/C14H16ClN3OS/c15-9-3-6-12-11(8-9)17-14(20)18(12)7-1-2-13(19)16-10-4-5-10/h3,6,8,10H,1-2,4-5,7H2,(H,16,19)(H,17,20). The van der Waals surface area contributed by atoms with Crippen LogP contribution in [0, 0.1) is 4.77 Å². The van der Waals surface area contributed by atoms with Crippen LogP contribution in [-0.2, 0) is 11.3 Å². The van der Waals surface area contributed by atoms with Gasteiger partial charge in [-0.15, -0.1) is 0 Å². The van der Waals surface area contributed by atoms with E-state index in [9.17, 15) is 4.79 Å². The zero-order valence-corrected chi connectivity index (χ0v) is 12.6. The molecule has 1 saturated carbocycles. The lowest BCUT2D eigenvalue weighted by Gasteiger charge is -2.05. The van der Waals surface area contributed by atoms with Crippen molar-refractivity contribution >= 4 is 40.8 Å². The SMILES string of the molecule is O=C(CCCn1c(=S)[nH]c2cc(Cl)ccc21)NC1CC1. The summed E-state index contributed by atoms with van der Waals surface area (Å²) in [6.07, 6.45) is 3.57. The van der Waals surface area contributed by atoms with Gasteiger partial charge in [0.25, 0.3) is 0 Å². The maximum Gasteiger partial charge on any atom is 0.220 e. The molecule has 0 aliphatic heterocycles. The zero-order valence-electron chi connectivity index (χ0n) is 11.0. The van der Waals surface area contributed by atoms with Gasteiger partial charge in [-0.25, -0.2) is 0 Å². The van der Waals surface area contributed by atoms with Gasteiger partial charge in [-0.05, 0) is 49.7 Å². The largest absolute Gasteiger partial charge is 0.353 e. The number of carbonyl (C=O) groups is 1. The molecule has 0 radical (unpaired) electrons. The quantitative estimate of drug-likeness (QED) is 0.832. The number of benzene rings is 1. The Balaban J connectivity index is 1.66. The third-order valence-electron chi connectivity index (χ3n) is 3.46. The number of hydrogen-bond donors (Lipinski definition) is 2. The predicted octanol–water partition coefficient (Wildman–Crippen LogP) is 3.41. The molecule has 2 aromatic rings. The molecule has 1 aliphatic carbocycles. The first-order valence-corrected chi connectivity index (χ1v) is 7.59. The maximum atomic E-state index is 11.6. The van der Waals surface area contributed by atoms with Gasteiger partial charge >= 0.3 is 0 Å². The fraction of sp³-hybridized carbons (Fsp3) is 0.429. The van der Waals surface area contributed by atoms with Gasteiger partial charge in [0.2, 0.25) is 5.91 Å². The third-order valence-corrected chi connectivity index (χ3v) is 4.02. The second-order valence-electron chi connectivity index (χ2n) is 5.19. The number of carbonyl (C=O) groups excluding carboxylic acids is 1. The van der Waals surface area contributed by atoms with E-state index in [0.717, 1.165) is 36.8 Å². The minimum atomic E-state index is 0.141. The Morgan fingerprint density at radius 3 is 3.05 bits per heavy atom. The number of aromatic nitrogens is 2. The molecule has 106 valence electrons. The first-order valence-electron chi connectivity index (χ1n) is 6.81. The Morgan fingerprint density at radius 2 is 2.30 bits per heavy atom. The van der Waals surface area contributed by atoms with Crippen molar-refractivity contribution in [2.45, 2.75) is 38.3 Å². The smallest absolute Gasteiger partial charge is 0.220 e. The number of H-pyrrole nitrogens is 1. The topological polar surface area (TPSA) is 49.8 Å². The number of hydrogen-bond acceptors (Lipinski definition) is 2. The summed E-state index contributed by atoms with van der Waals surface area (Å²) >= 11 is 11.3. The predicted molar refractivity (Wildman–Crippen MR) is 82.5 cm³/mol. The van der Waals surface area contributed by atoms with Crippen LogP contribution >= 0.6 is 23.8 Å². The molecule has 0 unspecified atom stereocenters. The summed E-state index contributed by atoms with van der Waals surface area (Å²) in [5.74, 6) is 0.141. The number of amides is 1. The molecule has 0 atom stereocenters. The zero-order chi connectivity index (χ0) is 14.1. The van der Waals surface area contributed by atoms with E-state index < -0.39 is 0 Å². The van der Waals surface area contributed by atoms with E-state index in [4.69, 9.17) is 23.8 Å².